The number of nitriles is 1. The van der Waals surface area contributed by atoms with Crippen molar-refractivity contribution in [3.8, 4) is 11.8 Å². The Morgan fingerprint density at radius 2 is 1.95 bits per heavy atom. The number of alkyl halides is 3. The van der Waals surface area contributed by atoms with Gasteiger partial charge in [-0.2, -0.15) is 18.4 Å². The Morgan fingerprint density at radius 1 is 1.21 bits per heavy atom. The third-order valence-corrected chi connectivity index (χ3v) is 7.79. The number of hydrogen-bond acceptors (Lipinski definition) is 4. The van der Waals surface area contributed by atoms with Crippen molar-refractivity contribution in [3.63, 3.8) is 0 Å². The topological polar surface area (TPSA) is 62.6 Å². The molecule has 5 nitrogen and oxygen atoms in total. The number of cyclic esters (lactones) is 1. The number of aryl methyl sites for hydroxylation is 2. The number of amides is 1. The van der Waals surface area contributed by atoms with Gasteiger partial charge in [-0.15, -0.1) is 0 Å². The molecule has 2 aromatic rings. The number of methoxy groups -OCH3 is 1. The third-order valence-electron chi connectivity index (χ3n) is 7.79. The molecule has 0 saturated carbocycles. The maximum atomic E-state index is 13.5. The fourth-order valence-corrected chi connectivity index (χ4v) is 5.74. The van der Waals surface area contributed by atoms with E-state index < -0.39 is 30.0 Å². The first kappa shape index (κ1) is 28.5. The lowest BCUT2D eigenvalue weighted by Crippen LogP contribution is -2.35. The van der Waals surface area contributed by atoms with Crippen LogP contribution in [0.25, 0.3) is 5.57 Å². The summed E-state index contributed by atoms with van der Waals surface area (Å²) in [6, 6.07) is 11.5. The fourth-order valence-electron chi connectivity index (χ4n) is 5.74. The number of hydrogen-bond donors (Lipinski definition) is 0. The van der Waals surface area contributed by atoms with Crippen LogP contribution in [-0.2, 0) is 17.3 Å². The van der Waals surface area contributed by atoms with Gasteiger partial charge < -0.3 is 9.47 Å². The standard InChI is InChI=1S/C31H35F3N2O3/c1-19-13-22(16-24(14-19)31(32,33)34)28-20(2)36(29(37)39-28)18-23-17-30(3,4)11-10-25(23)26-15-21(7-6-12-35)8-9-27(26)38-5/h8-9,13-16,20,28H,6-7,10-11,17-18H2,1-5H3/t20-,28-/m0/s1. The van der Waals surface area contributed by atoms with E-state index in [0.29, 0.717) is 30.5 Å². The molecule has 2 atom stereocenters. The monoisotopic (exact) mass is 540 g/mol. The molecular weight excluding hydrogens is 505 g/mol. The molecule has 1 amide bonds. The van der Waals surface area contributed by atoms with Gasteiger partial charge in [0.2, 0.25) is 0 Å². The average Bonchev–Trinajstić information content (AvgIpc) is 3.14. The Balaban J connectivity index is 1.70. The van der Waals surface area contributed by atoms with E-state index >= 15 is 0 Å². The molecule has 1 aliphatic heterocycles. The number of allylic oxidation sites excluding steroid dienone is 1. The van der Waals surface area contributed by atoms with Crippen LogP contribution in [0, 0.1) is 23.7 Å². The van der Waals surface area contributed by atoms with Crippen molar-refractivity contribution in [1.82, 2.24) is 4.90 Å². The molecule has 1 aliphatic carbocycles. The zero-order valence-electron chi connectivity index (χ0n) is 23.1. The van der Waals surface area contributed by atoms with E-state index in [4.69, 9.17) is 14.7 Å². The second-order valence-corrected chi connectivity index (χ2v) is 11.4. The maximum Gasteiger partial charge on any atom is 0.416 e. The molecular formula is C31H35F3N2O3. The first-order valence-corrected chi connectivity index (χ1v) is 13.2. The summed E-state index contributed by atoms with van der Waals surface area (Å²) in [5.74, 6) is 0.734. The summed E-state index contributed by atoms with van der Waals surface area (Å²) in [6.45, 7) is 8.15. The summed E-state index contributed by atoms with van der Waals surface area (Å²) in [5.41, 5.74) is 4.28. The molecule has 0 N–H and O–H groups in total. The predicted molar refractivity (Wildman–Crippen MR) is 143 cm³/mol. The zero-order chi connectivity index (χ0) is 28.5. The zero-order valence-corrected chi connectivity index (χ0v) is 23.1. The molecule has 208 valence electrons. The highest BCUT2D eigenvalue weighted by Crippen LogP contribution is 2.46. The quantitative estimate of drug-likeness (QED) is 0.357. The van der Waals surface area contributed by atoms with Gasteiger partial charge in [0.25, 0.3) is 0 Å². The highest BCUT2D eigenvalue weighted by atomic mass is 19.4. The van der Waals surface area contributed by atoms with E-state index in [1.54, 1.807) is 25.0 Å². The minimum atomic E-state index is -4.49. The van der Waals surface area contributed by atoms with Crippen LogP contribution in [0.15, 0.2) is 42.0 Å². The summed E-state index contributed by atoms with van der Waals surface area (Å²) < 4.78 is 51.8. The third kappa shape index (κ3) is 6.24. The number of carbonyl (C=O) groups is 1. The van der Waals surface area contributed by atoms with Crippen molar-refractivity contribution in [2.75, 3.05) is 13.7 Å². The summed E-state index contributed by atoms with van der Waals surface area (Å²) in [7, 11) is 1.63. The lowest BCUT2D eigenvalue weighted by atomic mass is 9.72. The van der Waals surface area contributed by atoms with Crippen molar-refractivity contribution in [2.24, 2.45) is 5.41 Å². The van der Waals surface area contributed by atoms with Gasteiger partial charge in [0.1, 0.15) is 11.9 Å². The lowest BCUT2D eigenvalue weighted by Gasteiger charge is -2.36. The molecule has 2 aliphatic rings. The Kier molecular flexibility index (Phi) is 8.02. The Hall–Kier alpha value is -3.47. The van der Waals surface area contributed by atoms with Crippen LogP contribution in [-0.4, -0.2) is 30.7 Å². The van der Waals surface area contributed by atoms with Crippen molar-refractivity contribution < 1.29 is 27.4 Å². The van der Waals surface area contributed by atoms with Crippen molar-refractivity contribution in [3.05, 3.63) is 69.8 Å². The number of ether oxygens (including phenoxy) is 2. The minimum absolute atomic E-state index is 0.0227. The van der Waals surface area contributed by atoms with Gasteiger partial charge in [-0.1, -0.05) is 31.5 Å². The van der Waals surface area contributed by atoms with Gasteiger partial charge in [-0.05, 0) is 91.5 Å². The second kappa shape index (κ2) is 11.0. The van der Waals surface area contributed by atoms with E-state index in [0.717, 1.165) is 59.4 Å². The molecule has 0 radical (unpaired) electrons. The first-order valence-electron chi connectivity index (χ1n) is 13.2. The van der Waals surface area contributed by atoms with Gasteiger partial charge in [0.15, 0.2) is 0 Å². The van der Waals surface area contributed by atoms with Crippen LogP contribution < -0.4 is 4.74 Å². The van der Waals surface area contributed by atoms with Crippen molar-refractivity contribution in [2.45, 2.75) is 78.1 Å². The molecule has 0 aromatic heterocycles. The number of nitrogens with zero attached hydrogens (tertiary/aromatic N) is 2. The molecule has 1 heterocycles. The summed E-state index contributed by atoms with van der Waals surface area (Å²) in [5, 5.41) is 9.04. The summed E-state index contributed by atoms with van der Waals surface area (Å²) in [4.78, 5) is 14.7. The minimum Gasteiger partial charge on any atom is -0.496 e. The van der Waals surface area contributed by atoms with Crippen LogP contribution in [0.2, 0.25) is 0 Å². The Labute approximate surface area is 228 Å². The predicted octanol–water partition coefficient (Wildman–Crippen LogP) is 8.02. The van der Waals surface area contributed by atoms with Crippen LogP contribution in [0.5, 0.6) is 5.75 Å². The van der Waals surface area contributed by atoms with Crippen molar-refractivity contribution >= 4 is 11.7 Å². The van der Waals surface area contributed by atoms with Gasteiger partial charge in [-0.25, -0.2) is 4.79 Å². The molecule has 2 aromatic carbocycles. The van der Waals surface area contributed by atoms with Crippen LogP contribution in [0.4, 0.5) is 18.0 Å². The van der Waals surface area contributed by atoms with Crippen LogP contribution >= 0.6 is 0 Å². The van der Waals surface area contributed by atoms with Crippen LogP contribution in [0.3, 0.4) is 0 Å². The van der Waals surface area contributed by atoms with Crippen LogP contribution in [0.1, 0.15) is 80.4 Å². The molecule has 1 fully saturated rings. The smallest absolute Gasteiger partial charge is 0.416 e. The second-order valence-electron chi connectivity index (χ2n) is 11.4. The SMILES string of the molecule is COc1ccc(CCC#N)cc1C1=C(CN2C(=O)O[C@H](c3cc(C)cc(C(F)(F)F)c3)[C@@H]2C)CC(C)(C)CC1. The number of rotatable bonds is 7. The molecule has 39 heavy (non-hydrogen) atoms. The lowest BCUT2D eigenvalue weighted by molar-refractivity contribution is -0.137. The van der Waals surface area contributed by atoms with E-state index in [1.807, 2.05) is 19.1 Å². The van der Waals surface area contributed by atoms with Gasteiger partial charge >= 0.3 is 12.3 Å². The van der Waals surface area contributed by atoms with Gasteiger partial charge in [-0.3, -0.25) is 4.90 Å². The number of benzene rings is 2. The largest absolute Gasteiger partial charge is 0.496 e. The highest BCUT2D eigenvalue weighted by molar-refractivity contribution is 5.77. The molecule has 8 heteroatoms. The first-order chi connectivity index (χ1) is 18.3. The molecule has 0 unspecified atom stereocenters. The van der Waals surface area contributed by atoms with E-state index in [2.05, 4.69) is 26.0 Å². The van der Waals surface area contributed by atoms with E-state index in [1.165, 1.54) is 0 Å². The molecule has 1 saturated heterocycles. The van der Waals surface area contributed by atoms with Crippen molar-refractivity contribution in [1.29, 1.82) is 5.26 Å². The number of carbonyl (C=O) groups excluding carboxylic acids is 1. The fraction of sp³-hybridized carbons (Fsp3) is 0.484. The van der Waals surface area contributed by atoms with E-state index in [-0.39, 0.29) is 5.41 Å². The summed E-state index contributed by atoms with van der Waals surface area (Å²) in [6.07, 6.45) is -2.25. The normalized spacial score (nSPS) is 21.1. The maximum absolute atomic E-state index is 13.5. The average molecular weight is 541 g/mol. The van der Waals surface area contributed by atoms with Gasteiger partial charge in [0.05, 0.1) is 24.8 Å². The Morgan fingerprint density at radius 3 is 2.62 bits per heavy atom. The molecule has 0 bridgehead atoms. The molecule has 0 spiro atoms. The highest BCUT2D eigenvalue weighted by Gasteiger charge is 2.42. The Bertz CT molecular complexity index is 1320. The molecule has 4 rings (SSSR count). The van der Waals surface area contributed by atoms with Gasteiger partial charge in [0, 0.05) is 18.5 Å². The number of halogens is 3. The van der Waals surface area contributed by atoms with E-state index in [9.17, 15) is 18.0 Å². The summed E-state index contributed by atoms with van der Waals surface area (Å²) >= 11 is 0.